The number of halogens is 2. The quantitative estimate of drug-likeness (QED) is 0.270. The number of nitrogens with one attached hydrogen (secondary N) is 1. The summed E-state index contributed by atoms with van der Waals surface area (Å²) in [5, 5.41) is 3.26. The van der Waals surface area contributed by atoms with Gasteiger partial charge in [0.15, 0.2) is 0 Å². The van der Waals surface area contributed by atoms with Crippen molar-refractivity contribution in [2.75, 3.05) is 5.32 Å². The zero-order valence-corrected chi connectivity index (χ0v) is 21.2. The molecular formula is C28H23ClFN3O3S. The van der Waals surface area contributed by atoms with E-state index in [9.17, 15) is 17.6 Å². The maximum atomic E-state index is 13.6. The van der Waals surface area contributed by atoms with Crippen LogP contribution in [-0.4, -0.2) is 23.6 Å². The molecule has 37 heavy (non-hydrogen) atoms. The van der Waals surface area contributed by atoms with Crippen LogP contribution in [0.3, 0.4) is 0 Å². The van der Waals surface area contributed by atoms with E-state index < -0.39 is 15.8 Å². The molecule has 0 aliphatic rings. The molecule has 1 heterocycles. The molecule has 0 saturated carbocycles. The van der Waals surface area contributed by atoms with Crippen LogP contribution < -0.4 is 5.32 Å². The van der Waals surface area contributed by atoms with Gasteiger partial charge in [-0.2, -0.15) is 4.31 Å². The van der Waals surface area contributed by atoms with E-state index in [0.717, 1.165) is 11.1 Å². The Labute approximate surface area is 220 Å². The zero-order valence-electron chi connectivity index (χ0n) is 19.6. The van der Waals surface area contributed by atoms with Gasteiger partial charge in [0, 0.05) is 42.3 Å². The predicted octanol–water partition coefficient (Wildman–Crippen LogP) is 5.92. The number of anilines is 1. The fraction of sp³-hybridized carbons (Fsp3) is 0.0714. The number of nitrogens with zero attached hydrogens (tertiary/aromatic N) is 2. The van der Waals surface area contributed by atoms with Crippen molar-refractivity contribution < 1.29 is 17.6 Å². The minimum atomic E-state index is -3.94. The molecule has 0 atom stereocenters. The number of aromatic nitrogens is 1. The van der Waals surface area contributed by atoms with Gasteiger partial charge in [0.05, 0.1) is 4.90 Å². The van der Waals surface area contributed by atoms with Crippen molar-refractivity contribution in [3.05, 3.63) is 131 Å². The van der Waals surface area contributed by atoms with Crippen LogP contribution in [0.15, 0.2) is 108 Å². The molecule has 0 saturated heterocycles. The number of carbonyl (C=O) groups excluding carboxylic acids is 1. The molecule has 1 N–H and O–H groups in total. The van der Waals surface area contributed by atoms with E-state index in [0.29, 0.717) is 16.3 Å². The molecule has 188 valence electrons. The highest BCUT2D eigenvalue weighted by Gasteiger charge is 2.25. The molecule has 0 unspecified atom stereocenters. The molecule has 0 aliphatic heterocycles. The van der Waals surface area contributed by atoms with Crippen molar-refractivity contribution in [2.45, 2.75) is 18.0 Å². The number of carbonyl (C=O) groups is 1. The fourth-order valence-electron chi connectivity index (χ4n) is 3.50. The fourth-order valence-corrected chi connectivity index (χ4v) is 5.04. The molecule has 3 aromatic carbocycles. The standard InChI is InChI=1S/C28H23ClFN3O3S/c29-24-6-1-22(2-7-24)19-33(20-23-3-8-25(30)9-4-23)37(35,36)27-12-10-26(11-13-27)32-28(34)14-5-21-15-17-31-18-16-21/h1-18H,19-20H2,(H,32,34)/b14-5+. The number of sulfonamides is 1. The predicted molar refractivity (Wildman–Crippen MR) is 143 cm³/mol. The monoisotopic (exact) mass is 535 g/mol. The molecule has 1 amide bonds. The summed E-state index contributed by atoms with van der Waals surface area (Å²) >= 11 is 5.98. The Bertz CT molecular complexity index is 1430. The Morgan fingerprint density at radius 1 is 0.865 bits per heavy atom. The van der Waals surface area contributed by atoms with E-state index in [-0.39, 0.29) is 23.9 Å². The third-order valence-corrected chi connectivity index (χ3v) is 7.50. The van der Waals surface area contributed by atoms with Crippen molar-refractivity contribution in [3.8, 4) is 0 Å². The molecule has 1 aromatic heterocycles. The molecule has 0 aliphatic carbocycles. The summed E-state index contributed by atoms with van der Waals surface area (Å²) in [5.74, 6) is -0.753. The molecule has 6 nitrogen and oxygen atoms in total. The van der Waals surface area contributed by atoms with E-state index in [1.54, 1.807) is 67.0 Å². The summed E-state index contributed by atoms with van der Waals surface area (Å²) in [7, 11) is -3.94. The van der Waals surface area contributed by atoms with Crippen LogP contribution in [0.5, 0.6) is 0 Å². The van der Waals surface area contributed by atoms with Gasteiger partial charge in [0.2, 0.25) is 15.9 Å². The molecule has 4 aromatic rings. The van der Waals surface area contributed by atoms with E-state index >= 15 is 0 Å². The Kier molecular flexibility index (Phi) is 8.45. The van der Waals surface area contributed by atoms with Gasteiger partial charge in [-0.1, -0.05) is 35.9 Å². The van der Waals surface area contributed by atoms with Crippen LogP contribution >= 0.6 is 11.6 Å². The number of rotatable bonds is 9. The highest BCUT2D eigenvalue weighted by atomic mass is 35.5. The molecule has 9 heteroatoms. The van der Waals surface area contributed by atoms with Crippen molar-refractivity contribution >= 4 is 39.3 Å². The molecule has 4 rings (SSSR count). The van der Waals surface area contributed by atoms with Crippen molar-refractivity contribution in [1.29, 1.82) is 0 Å². The largest absolute Gasteiger partial charge is 0.323 e. The first-order valence-corrected chi connectivity index (χ1v) is 13.1. The summed E-state index contributed by atoms with van der Waals surface area (Å²) < 4.78 is 41.9. The second-order valence-corrected chi connectivity index (χ2v) is 10.5. The lowest BCUT2D eigenvalue weighted by Gasteiger charge is -2.23. The summed E-state index contributed by atoms with van der Waals surface area (Å²) in [6.07, 6.45) is 6.29. The Morgan fingerprint density at radius 3 is 2.03 bits per heavy atom. The van der Waals surface area contributed by atoms with E-state index in [4.69, 9.17) is 11.6 Å². The number of hydrogen-bond donors (Lipinski definition) is 1. The van der Waals surface area contributed by atoms with Gasteiger partial charge >= 0.3 is 0 Å². The van der Waals surface area contributed by atoms with Crippen LogP contribution in [0.2, 0.25) is 5.02 Å². The first-order chi connectivity index (χ1) is 17.8. The topological polar surface area (TPSA) is 79.4 Å². The van der Waals surface area contributed by atoms with Crippen LogP contribution in [-0.2, 0) is 27.9 Å². The SMILES string of the molecule is O=C(/C=C/c1ccncc1)Nc1ccc(S(=O)(=O)N(Cc2ccc(F)cc2)Cc2ccc(Cl)cc2)cc1. The van der Waals surface area contributed by atoms with Crippen LogP contribution in [0.25, 0.3) is 6.08 Å². The van der Waals surface area contributed by atoms with E-state index in [2.05, 4.69) is 10.3 Å². The minimum absolute atomic E-state index is 0.0452. The third kappa shape index (κ3) is 7.33. The van der Waals surface area contributed by atoms with Gasteiger partial charge in [-0.25, -0.2) is 12.8 Å². The van der Waals surface area contributed by atoms with Gasteiger partial charge in [0.25, 0.3) is 0 Å². The van der Waals surface area contributed by atoms with E-state index in [1.165, 1.54) is 46.8 Å². The Balaban J connectivity index is 1.52. The smallest absolute Gasteiger partial charge is 0.248 e. The minimum Gasteiger partial charge on any atom is -0.323 e. The Hall–Kier alpha value is -3.85. The van der Waals surface area contributed by atoms with E-state index in [1.807, 2.05) is 0 Å². The van der Waals surface area contributed by atoms with Crippen LogP contribution in [0.1, 0.15) is 16.7 Å². The average molecular weight is 536 g/mol. The van der Waals surface area contributed by atoms with Crippen LogP contribution in [0.4, 0.5) is 10.1 Å². The zero-order chi connectivity index (χ0) is 26.3. The van der Waals surface area contributed by atoms with Gasteiger partial charge in [0.1, 0.15) is 5.82 Å². The number of benzene rings is 3. The highest BCUT2D eigenvalue weighted by Crippen LogP contribution is 2.23. The lowest BCUT2D eigenvalue weighted by Crippen LogP contribution is -2.30. The summed E-state index contributed by atoms with van der Waals surface area (Å²) in [6, 6.07) is 22.1. The Morgan fingerprint density at radius 2 is 1.43 bits per heavy atom. The van der Waals surface area contributed by atoms with Crippen molar-refractivity contribution in [2.24, 2.45) is 0 Å². The number of pyridine rings is 1. The summed E-state index contributed by atoms with van der Waals surface area (Å²) in [6.45, 7) is 0.138. The summed E-state index contributed by atoms with van der Waals surface area (Å²) in [4.78, 5) is 16.2. The van der Waals surface area contributed by atoms with Crippen LogP contribution in [0, 0.1) is 5.82 Å². The van der Waals surface area contributed by atoms with Gasteiger partial charge < -0.3 is 5.32 Å². The average Bonchev–Trinajstić information content (AvgIpc) is 2.90. The highest BCUT2D eigenvalue weighted by molar-refractivity contribution is 7.89. The molecular weight excluding hydrogens is 513 g/mol. The third-order valence-electron chi connectivity index (χ3n) is 5.44. The number of hydrogen-bond acceptors (Lipinski definition) is 4. The first kappa shape index (κ1) is 26.2. The normalized spacial score (nSPS) is 11.6. The lowest BCUT2D eigenvalue weighted by molar-refractivity contribution is -0.111. The summed E-state index contributed by atoms with van der Waals surface area (Å²) in [5.41, 5.74) is 2.67. The second kappa shape index (κ2) is 11.9. The second-order valence-electron chi connectivity index (χ2n) is 8.15. The molecule has 0 bridgehead atoms. The van der Waals surface area contributed by atoms with Crippen molar-refractivity contribution in [3.63, 3.8) is 0 Å². The maximum Gasteiger partial charge on any atom is 0.248 e. The van der Waals surface area contributed by atoms with Gasteiger partial charge in [-0.05, 0) is 83.4 Å². The maximum absolute atomic E-state index is 13.6. The van der Waals surface area contributed by atoms with Gasteiger partial charge in [-0.15, -0.1) is 0 Å². The first-order valence-electron chi connectivity index (χ1n) is 11.3. The lowest BCUT2D eigenvalue weighted by atomic mass is 10.2. The molecule has 0 radical (unpaired) electrons. The molecule has 0 fully saturated rings. The molecule has 0 spiro atoms. The van der Waals surface area contributed by atoms with Crippen molar-refractivity contribution in [1.82, 2.24) is 9.29 Å². The van der Waals surface area contributed by atoms with Gasteiger partial charge in [-0.3, -0.25) is 9.78 Å². The number of amides is 1.